The molecule has 4 nitrogen and oxygen atoms in total. The molecule has 4 heteroatoms. The second-order valence-corrected chi connectivity index (χ2v) is 5.82. The standard InChI is InChI=1S/C17H21N3O/c1-12-6-7-13(2)14(9-12)10-17(21)19-16-11-18-15-5-3-4-8-20(15)16/h6-7,9,11H,3-5,8,10H2,1-2H3,(H,19,21). The molecule has 21 heavy (non-hydrogen) atoms. The molecular formula is C17H21N3O. The van der Waals surface area contributed by atoms with Gasteiger partial charge in [0, 0.05) is 13.0 Å². The Morgan fingerprint density at radius 2 is 2.19 bits per heavy atom. The summed E-state index contributed by atoms with van der Waals surface area (Å²) in [6, 6.07) is 6.23. The summed E-state index contributed by atoms with van der Waals surface area (Å²) in [5, 5.41) is 3.01. The minimum Gasteiger partial charge on any atom is -0.315 e. The summed E-state index contributed by atoms with van der Waals surface area (Å²) in [6.07, 6.45) is 5.54. The molecule has 0 bridgehead atoms. The van der Waals surface area contributed by atoms with Crippen molar-refractivity contribution in [1.82, 2.24) is 9.55 Å². The minimum absolute atomic E-state index is 0.0250. The van der Waals surface area contributed by atoms with Crippen LogP contribution >= 0.6 is 0 Å². The maximum absolute atomic E-state index is 12.3. The predicted molar refractivity (Wildman–Crippen MR) is 83.4 cm³/mol. The smallest absolute Gasteiger partial charge is 0.229 e. The molecule has 110 valence electrons. The van der Waals surface area contributed by atoms with Crippen LogP contribution in [0.3, 0.4) is 0 Å². The molecule has 1 aliphatic rings. The van der Waals surface area contributed by atoms with Gasteiger partial charge in [0.15, 0.2) is 0 Å². The van der Waals surface area contributed by atoms with Crippen LogP contribution in [-0.2, 0) is 24.2 Å². The first-order chi connectivity index (χ1) is 10.1. The number of hydrogen-bond donors (Lipinski definition) is 1. The van der Waals surface area contributed by atoms with Crippen LogP contribution in [-0.4, -0.2) is 15.5 Å². The normalized spacial score (nSPS) is 13.8. The van der Waals surface area contributed by atoms with Crippen LogP contribution < -0.4 is 5.32 Å². The van der Waals surface area contributed by atoms with E-state index in [1.54, 1.807) is 6.20 Å². The van der Waals surface area contributed by atoms with Gasteiger partial charge in [0.25, 0.3) is 0 Å². The number of benzene rings is 1. The summed E-state index contributed by atoms with van der Waals surface area (Å²) in [6.45, 7) is 5.05. The Labute approximate surface area is 125 Å². The van der Waals surface area contributed by atoms with Gasteiger partial charge in [0.2, 0.25) is 5.91 Å². The minimum atomic E-state index is 0.0250. The monoisotopic (exact) mass is 283 g/mol. The van der Waals surface area contributed by atoms with Crippen molar-refractivity contribution in [3.8, 4) is 0 Å². The molecule has 0 spiro atoms. The Balaban J connectivity index is 1.72. The molecule has 1 amide bonds. The predicted octanol–water partition coefficient (Wildman–Crippen LogP) is 3.02. The first-order valence-corrected chi connectivity index (χ1v) is 7.54. The van der Waals surface area contributed by atoms with E-state index in [4.69, 9.17) is 0 Å². The fourth-order valence-corrected chi connectivity index (χ4v) is 2.87. The quantitative estimate of drug-likeness (QED) is 0.941. The Bertz CT molecular complexity index is 673. The molecule has 0 atom stereocenters. The van der Waals surface area contributed by atoms with Gasteiger partial charge in [-0.3, -0.25) is 4.79 Å². The number of carbonyl (C=O) groups excluding carboxylic acids is 1. The fraction of sp³-hybridized carbons (Fsp3) is 0.412. The van der Waals surface area contributed by atoms with E-state index in [1.807, 2.05) is 13.8 Å². The number of fused-ring (bicyclic) bond motifs is 1. The number of nitrogens with zero attached hydrogens (tertiary/aromatic N) is 2. The van der Waals surface area contributed by atoms with Crippen molar-refractivity contribution in [2.75, 3.05) is 5.32 Å². The number of imidazole rings is 1. The first-order valence-electron chi connectivity index (χ1n) is 7.54. The zero-order valence-electron chi connectivity index (χ0n) is 12.6. The molecule has 1 aromatic carbocycles. The van der Waals surface area contributed by atoms with E-state index in [9.17, 15) is 4.79 Å². The van der Waals surface area contributed by atoms with Gasteiger partial charge in [-0.05, 0) is 37.8 Å². The second kappa shape index (κ2) is 5.72. The average molecular weight is 283 g/mol. The van der Waals surface area contributed by atoms with Gasteiger partial charge in [0.05, 0.1) is 12.6 Å². The molecule has 1 aliphatic heterocycles. The van der Waals surface area contributed by atoms with Crippen molar-refractivity contribution in [2.45, 2.75) is 46.1 Å². The van der Waals surface area contributed by atoms with Crippen molar-refractivity contribution in [3.63, 3.8) is 0 Å². The van der Waals surface area contributed by atoms with Gasteiger partial charge in [0.1, 0.15) is 11.6 Å². The van der Waals surface area contributed by atoms with E-state index in [1.165, 1.54) is 12.0 Å². The van der Waals surface area contributed by atoms with Crippen LogP contribution in [0.15, 0.2) is 24.4 Å². The Hall–Kier alpha value is -2.10. The lowest BCUT2D eigenvalue weighted by molar-refractivity contribution is -0.115. The molecule has 0 saturated heterocycles. The molecule has 0 fully saturated rings. The van der Waals surface area contributed by atoms with Crippen molar-refractivity contribution < 1.29 is 4.79 Å². The van der Waals surface area contributed by atoms with Gasteiger partial charge in [-0.25, -0.2) is 4.98 Å². The maximum Gasteiger partial charge on any atom is 0.229 e. The van der Waals surface area contributed by atoms with E-state index in [2.05, 4.69) is 33.1 Å². The number of rotatable bonds is 3. The van der Waals surface area contributed by atoms with E-state index in [0.29, 0.717) is 6.42 Å². The molecular weight excluding hydrogens is 262 g/mol. The molecule has 1 aromatic heterocycles. The second-order valence-electron chi connectivity index (χ2n) is 5.82. The van der Waals surface area contributed by atoms with Crippen LogP contribution in [0.2, 0.25) is 0 Å². The summed E-state index contributed by atoms with van der Waals surface area (Å²) < 4.78 is 2.13. The molecule has 2 aromatic rings. The Morgan fingerprint density at radius 3 is 3.05 bits per heavy atom. The summed E-state index contributed by atoms with van der Waals surface area (Å²) in [7, 11) is 0. The number of carbonyl (C=O) groups is 1. The fourth-order valence-electron chi connectivity index (χ4n) is 2.87. The Morgan fingerprint density at radius 1 is 1.33 bits per heavy atom. The van der Waals surface area contributed by atoms with Crippen LogP contribution in [0, 0.1) is 13.8 Å². The van der Waals surface area contributed by atoms with E-state index in [-0.39, 0.29) is 5.91 Å². The lowest BCUT2D eigenvalue weighted by Gasteiger charge is -2.16. The largest absolute Gasteiger partial charge is 0.315 e. The van der Waals surface area contributed by atoms with Gasteiger partial charge in [-0.15, -0.1) is 0 Å². The van der Waals surface area contributed by atoms with Gasteiger partial charge in [-0.2, -0.15) is 0 Å². The molecule has 0 unspecified atom stereocenters. The van der Waals surface area contributed by atoms with Crippen LogP contribution in [0.25, 0.3) is 0 Å². The number of anilines is 1. The maximum atomic E-state index is 12.3. The molecule has 0 aliphatic carbocycles. The van der Waals surface area contributed by atoms with Crippen molar-refractivity contribution in [2.24, 2.45) is 0 Å². The van der Waals surface area contributed by atoms with E-state index in [0.717, 1.165) is 42.2 Å². The zero-order chi connectivity index (χ0) is 14.8. The van der Waals surface area contributed by atoms with Crippen molar-refractivity contribution in [1.29, 1.82) is 0 Å². The van der Waals surface area contributed by atoms with Crippen molar-refractivity contribution >= 4 is 11.7 Å². The summed E-state index contributed by atoms with van der Waals surface area (Å²) in [5.41, 5.74) is 3.43. The third kappa shape index (κ3) is 2.99. The van der Waals surface area contributed by atoms with Gasteiger partial charge < -0.3 is 9.88 Å². The molecule has 3 rings (SSSR count). The first kappa shape index (κ1) is 13.9. The van der Waals surface area contributed by atoms with Gasteiger partial charge >= 0.3 is 0 Å². The highest BCUT2D eigenvalue weighted by Gasteiger charge is 2.16. The number of nitrogens with one attached hydrogen (secondary N) is 1. The third-order valence-corrected chi connectivity index (χ3v) is 4.09. The highest BCUT2D eigenvalue weighted by atomic mass is 16.1. The number of hydrogen-bond acceptors (Lipinski definition) is 2. The molecule has 0 radical (unpaired) electrons. The SMILES string of the molecule is Cc1ccc(C)c(CC(=O)Nc2cnc3n2CCCC3)c1. The molecule has 0 saturated carbocycles. The van der Waals surface area contributed by atoms with E-state index < -0.39 is 0 Å². The number of aromatic nitrogens is 2. The van der Waals surface area contributed by atoms with Crippen LogP contribution in [0.5, 0.6) is 0 Å². The summed E-state index contributed by atoms with van der Waals surface area (Å²) >= 11 is 0. The lowest BCUT2D eigenvalue weighted by atomic mass is 10.0. The highest BCUT2D eigenvalue weighted by Crippen LogP contribution is 2.20. The number of aryl methyl sites for hydroxylation is 3. The Kier molecular flexibility index (Phi) is 3.78. The third-order valence-electron chi connectivity index (χ3n) is 4.09. The van der Waals surface area contributed by atoms with Crippen LogP contribution in [0.4, 0.5) is 5.82 Å². The average Bonchev–Trinajstić information content (AvgIpc) is 2.86. The van der Waals surface area contributed by atoms with Crippen molar-refractivity contribution in [3.05, 3.63) is 46.9 Å². The summed E-state index contributed by atoms with van der Waals surface area (Å²) in [5.74, 6) is 1.94. The van der Waals surface area contributed by atoms with Gasteiger partial charge in [-0.1, -0.05) is 23.8 Å². The highest BCUT2D eigenvalue weighted by molar-refractivity contribution is 5.91. The van der Waals surface area contributed by atoms with E-state index >= 15 is 0 Å². The summed E-state index contributed by atoms with van der Waals surface area (Å²) in [4.78, 5) is 16.7. The number of amides is 1. The molecule has 1 N–H and O–H groups in total. The lowest BCUT2D eigenvalue weighted by Crippen LogP contribution is -2.19. The topological polar surface area (TPSA) is 46.9 Å². The zero-order valence-corrected chi connectivity index (χ0v) is 12.6. The van der Waals surface area contributed by atoms with Crippen LogP contribution in [0.1, 0.15) is 35.4 Å². The molecule has 2 heterocycles.